The van der Waals surface area contributed by atoms with E-state index >= 15 is 0 Å². The first-order valence-electron chi connectivity index (χ1n) is 19.4. The summed E-state index contributed by atoms with van der Waals surface area (Å²) in [5.74, 6) is 2.44. The molecule has 0 aliphatic carbocycles. The van der Waals surface area contributed by atoms with Crippen molar-refractivity contribution in [3.8, 4) is 17.3 Å². The van der Waals surface area contributed by atoms with Gasteiger partial charge in [0.05, 0.1) is 23.4 Å². The molecule has 0 N–H and O–H groups in total. The van der Waals surface area contributed by atoms with Gasteiger partial charge in [0.15, 0.2) is 0 Å². The van der Waals surface area contributed by atoms with E-state index < -0.39 is 0 Å². The van der Waals surface area contributed by atoms with Crippen molar-refractivity contribution in [2.45, 2.75) is 45.4 Å². The number of hydrogen-bond acceptors (Lipinski definition) is 4. The summed E-state index contributed by atoms with van der Waals surface area (Å²) in [5, 5.41) is 2.35. The summed E-state index contributed by atoms with van der Waals surface area (Å²) < 4.78 is 8.96. The SMILES string of the molecule is CC(C)(C)c1ccnc(-n2c3ccccc3c3ccc(Oc4cccc(N5CN(c6cccc(C(C)(C)c7ccccc7)c6)C=C5c5ccccc5)c4)cc32)c1. The fourth-order valence-electron chi connectivity index (χ4n) is 7.92. The number of anilines is 2. The Morgan fingerprint density at radius 2 is 1.21 bits per heavy atom. The lowest BCUT2D eigenvalue weighted by Crippen LogP contribution is -2.26. The zero-order valence-electron chi connectivity index (χ0n) is 32.6. The van der Waals surface area contributed by atoms with Gasteiger partial charge < -0.3 is 14.5 Å². The summed E-state index contributed by atoms with van der Waals surface area (Å²) in [5.41, 5.74) is 10.3. The lowest BCUT2D eigenvalue weighted by atomic mass is 9.78. The van der Waals surface area contributed by atoms with Crippen molar-refractivity contribution in [1.29, 1.82) is 0 Å². The maximum atomic E-state index is 6.71. The van der Waals surface area contributed by atoms with Gasteiger partial charge in [-0.1, -0.05) is 132 Å². The summed E-state index contributed by atoms with van der Waals surface area (Å²) in [6.45, 7) is 12.0. The van der Waals surface area contributed by atoms with E-state index in [1.54, 1.807) is 0 Å². The van der Waals surface area contributed by atoms with Gasteiger partial charge in [0.1, 0.15) is 17.3 Å². The molecule has 0 saturated heterocycles. The maximum absolute atomic E-state index is 6.71. The van der Waals surface area contributed by atoms with Crippen LogP contribution in [-0.2, 0) is 10.8 Å². The van der Waals surface area contributed by atoms with Crippen molar-refractivity contribution in [2.75, 3.05) is 16.5 Å². The number of rotatable bonds is 8. The highest BCUT2D eigenvalue weighted by atomic mass is 16.5. The number of hydrogen-bond donors (Lipinski definition) is 0. The molecule has 5 nitrogen and oxygen atoms in total. The topological polar surface area (TPSA) is 33.5 Å². The van der Waals surface area contributed by atoms with Gasteiger partial charge in [-0.3, -0.25) is 4.57 Å². The molecule has 9 rings (SSSR count). The third kappa shape index (κ3) is 6.49. The Kier molecular flexibility index (Phi) is 8.73. The fraction of sp³-hybridized carbons (Fsp3) is 0.157. The van der Waals surface area contributed by atoms with Crippen LogP contribution in [0.1, 0.15) is 56.9 Å². The van der Waals surface area contributed by atoms with Crippen LogP contribution in [0.25, 0.3) is 33.3 Å². The van der Waals surface area contributed by atoms with E-state index in [2.05, 4.69) is 213 Å². The van der Waals surface area contributed by atoms with Crippen molar-refractivity contribution in [3.05, 3.63) is 198 Å². The van der Waals surface area contributed by atoms with Crippen molar-refractivity contribution >= 4 is 38.9 Å². The van der Waals surface area contributed by atoms with Crippen LogP contribution in [0, 0.1) is 0 Å². The zero-order chi connectivity index (χ0) is 38.4. The Morgan fingerprint density at radius 3 is 2.02 bits per heavy atom. The van der Waals surface area contributed by atoms with Gasteiger partial charge in [0, 0.05) is 52.1 Å². The average molecular weight is 731 g/mol. The van der Waals surface area contributed by atoms with Crippen LogP contribution < -0.4 is 14.5 Å². The van der Waals surface area contributed by atoms with Crippen LogP contribution in [0.3, 0.4) is 0 Å². The monoisotopic (exact) mass is 730 g/mol. The van der Waals surface area contributed by atoms with E-state index in [-0.39, 0.29) is 10.8 Å². The molecule has 56 heavy (non-hydrogen) atoms. The minimum Gasteiger partial charge on any atom is -0.457 e. The standard InChI is InChI=1S/C51H46N4O/c1-50(2,3)38-28-29-52-49(31-38)55-46-25-13-12-24-44(46)45-27-26-43(33-47(45)55)56-42-23-15-22-41(32-42)54-35-53(34-48(54)36-16-8-6-9-17-36)40-21-14-20-39(30-40)51(4,5)37-18-10-7-11-19-37/h6-34H,35H2,1-5H3. The number of ether oxygens (including phenoxy) is 1. The third-order valence-corrected chi connectivity index (χ3v) is 11.2. The fourth-order valence-corrected chi connectivity index (χ4v) is 7.92. The minimum absolute atomic E-state index is 0.000988. The molecule has 2 aromatic heterocycles. The molecular formula is C51H46N4O. The summed E-state index contributed by atoms with van der Waals surface area (Å²) in [6, 6.07) is 58.0. The van der Waals surface area contributed by atoms with Crippen LogP contribution in [0.4, 0.5) is 11.4 Å². The molecule has 0 unspecified atom stereocenters. The molecule has 0 atom stereocenters. The average Bonchev–Trinajstić information content (AvgIpc) is 3.82. The highest BCUT2D eigenvalue weighted by molar-refractivity contribution is 6.09. The second kappa shape index (κ2) is 13.9. The van der Waals surface area contributed by atoms with Crippen molar-refractivity contribution in [3.63, 3.8) is 0 Å². The number of para-hydroxylation sites is 1. The van der Waals surface area contributed by atoms with E-state index in [0.29, 0.717) is 6.67 Å². The largest absolute Gasteiger partial charge is 0.457 e. The van der Waals surface area contributed by atoms with Gasteiger partial charge in [-0.2, -0.15) is 0 Å². The van der Waals surface area contributed by atoms with E-state index in [1.165, 1.54) is 22.1 Å². The van der Waals surface area contributed by atoms with E-state index in [1.807, 2.05) is 12.3 Å². The molecular weight excluding hydrogens is 685 g/mol. The van der Waals surface area contributed by atoms with Crippen molar-refractivity contribution in [2.24, 2.45) is 0 Å². The summed E-state index contributed by atoms with van der Waals surface area (Å²) in [6.07, 6.45) is 4.19. The molecule has 0 radical (unpaired) electrons. The van der Waals surface area contributed by atoms with Crippen molar-refractivity contribution in [1.82, 2.24) is 9.55 Å². The Hall–Kier alpha value is -6.59. The van der Waals surface area contributed by atoms with Crippen LogP contribution in [0.2, 0.25) is 0 Å². The number of fused-ring (bicyclic) bond motifs is 3. The predicted molar refractivity (Wildman–Crippen MR) is 233 cm³/mol. The van der Waals surface area contributed by atoms with Gasteiger partial charge in [0.2, 0.25) is 0 Å². The predicted octanol–water partition coefficient (Wildman–Crippen LogP) is 12.9. The number of pyridine rings is 1. The van der Waals surface area contributed by atoms with Gasteiger partial charge in [-0.05, 0) is 82.3 Å². The van der Waals surface area contributed by atoms with Crippen LogP contribution in [0.15, 0.2) is 176 Å². The van der Waals surface area contributed by atoms with Crippen LogP contribution >= 0.6 is 0 Å². The summed E-state index contributed by atoms with van der Waals surface area (Å²) >= 11 is 0. The maximum Gasteiger partial charge on any atom is 0.137 e. The molecule has 0 saturated carbocycles. The molecule has 0 bridgehead atoms. The van der Waals surface area contributed by atoms with E-state index in [0.717, 1.165) is 56.4 Å². The van der Waals surface area contributed by atoms with Gasteiger partial charge >= 0.3 is 0 Å². The lowest BCUT2D eigenvalue weighted by molar-refractivity contribution is 0.483. The first kappa shape index (κ1) is 35.1. The highest BCUT2D eigenvalue weighted by Crippen LogP contribution is 2.40. The Labute approximate surface area is 329 Å². The minimum atomic E-state index is -0.140. The van der Waals surface area contributed by atoms with Gasteiger partial charge in [-0.25, -0.2) is 4.98 Å². The molecule has 3 heterocycles. The smallest absolute Gasteiger partial charge is 0.137 e. The molecule has 8 aromatic rings. The lowest BCUT2D eigenvalue weighted by Gasteiger charge is -2.28. The van der Waals surface area contributed by atoms with Crippen LogP contribution in [0.5, 0.6) is 11.5 Å². The Balaban J connectivity index is 1.06. The molecule has 0 spiro atoms. The van der Waals surface area contributed by atoms with Crippen LogP contribution in [-0.4, -0.2) is 16.2 Å². The quantitative estimate of drug-likeness (QED) is 0.156. The summed E-state index contributed by atoms with van der Waals surface area (Å²) in [7, 11) is 0. The molecule has 5 heteroatoms. The van der Waals surface area contributed by atoms with Gasteiger partial charge in [-0.15, -0.1) is 0 Å². The first-order valence-corrected chi connectivity index (χ1v) is 19.4. The van der Waals surface area contributed by atoms with E-state index in [9.17, 15) is 0 Å². The van der Waals surface area contributed by atoms with E-state index in [4.69, 9.17) is 9.72 Å². The number of aromatic nitrogens is 2. The zero-order valence-corrected chi connectivity index (χ0v) is 32.6. The summed E-state index contributed by atoms with van der Waals surface area (Å²) in [4.78, 5) is 9.57. The molecule has 1 aliphatic rings. The highest BCUT2D eigenvalue weighted by Gasteiger charge is 2.28. The third-order valence-electron chi connectivity index (χ3n) is 11.2. The van der Waals surface area contributed by atoms with Gasteiger partial charge in [0.25, 0.3) is 0 Å². The number of nitrogens with zero attached hydrogens (tertiary/aromatic N) is 4. The molecule has 0 amide bonds. The van der Waals surface area contributed by atoms with Crippen molar-refractivity contribution < 1.29 is 4.74 Å². The molecule has 6 aromatic carbocycles. The second-order valence-corrected chi connectivity index (χ2v) is 16.2. The number of benzene rings is 6. The Morgan fingerprint density at radius 1 is 0.536 bits per heavy atom. The molecule has 276 valence electrons. The normalized spacial score (nSPS) is 13.4. The molecule has 0 fully saturated rings. The molecule has 1 aliphatic heterocycles. The second-order valence-electron chi connectivity index (χ2n) is 16.2. The first-order chi connectivity index (χ1) is 27.1. The Bertz CT molecular complexity index is 2720.